The number of urea groups is 1. The first-order valence-corrected chi connectivity index (χ1v) is 8.16. The summed E-state index contributed by atoms with van der Waals surface area (Å²) in [7, 11) is 0. The van der Waals surface area contributed by atoms with E-state index in [0.29, 0.717) is 23.7 Å². The molecule has 0 saturated heterocycles. The molecule has 124 valence electrons. The lowest BCUT2D eigenvalue weighted by Gasteiger charge is -2.21. The summed E-state index contributed by atoms with van der Waals surface area (Å²) in [6.45, 7) is 4.11. The van der Waals surface area contributed by atoms with Crippen LogP contribution in [0.2, 0.25) is 0 Å². The van der Waals surface area contributed by atoms with E-state index in [0.717, 1.165) is 18.5 Å². The zero-order valence-electron chi connectivity index (χ0n) is 13.5. The molecule has 1 aliphatic carbocycles. The fraction of sp³-hybridized carbons (Fsp3) is 0.600. The highest BCUT2D eigenvalue weighted by Crippen LogP contribution is 2.27. The van der Waals surface area contributed by atoms with Crippen LogP contribution in [-0.2, 0) is 0 Å². The van der Waals surface area contributed by atoms with Gasteiger partial charge in [-0.1, -0.05) is 33.1 Å². The van der Waals surface area contributed by atoms with Gasteiger partial charge in [-0.3, -0.25) is 15.7 Å². The Morgan fingerprint density at radius 3 is 2.78 bits per heavy atom. The van der Waals surface area contributed by atoms with E-state index < -0.39 is 6.03 Å². The molecule has 2 aromatic heterocycles. The Labute approximate surface area is 135 Å². The number of amides is 2. The van der Waals surface area contributed by atoms with E-state index >= 15 is 0 Å². The van der Waals surface area contributed by atoms with E-state index in [4.69, 9.17) is 0 Å². The van der Waals surface area contributed by atoms with Gasteiger partial charge in [0.1, 0.15) is 6.33 Å². The third kappa shape index (κ3) is 3.88. The maximum atomic E-state index is 12.0. The number of nitrogens with one attached hydrogen (secondary N) is 3. The SMILES string of the molecule is CC(C)c1cc(NC(=O)Nc2ncn(C3CCCCC3)n2)n[nH]1. The molecule has 3 N–H and O–H groups in total. The first-order chi connectivity index (χ1) is 11.1. The maximum Gasteiger partial charge on any atom is 0.327 e. The van der Waals surface area contributed by atoms with Gasteiger partial charge >= 0.3 is 6.03 Å². The van der Waals surface area contributed by atoms with E-state index in [9.17, 15) is 4.79 Å². The molecule has 0 bridgehead atoms. The zero-order chi connectivity index (χ0) is 16.2. The second kappa shape index (κ2) is 6.80. The second-order valence-electron chi connectivity index (χ2n) is 6.28. The van der Waals surface area contributed by atoms with Crippen molar-refractivity contribution in [1.29, 1.82) is 0 Å². The number of anilines is 2. The number of H-pyrrole nitrogens is 1. The predicted octanol–water partition coefficient (Wildman–Crippen LogP) is 3.27. The van der Waals surface area contributed by atoms with Crippen molar-refractivity contribution in [3.8, 4) is 0 Å². The van der Waals surface area contributed by atoms with Gasteiger partial charge in [0.25, 0.3) is 0 Å². The van der Waals surface area contributed by atoms with Crippen LogP contribution in [-0.4, -0.2) is 31.0 Å². The largest absolute Gasteiger partial charge is 0.327 e. The fourth-order valence-corrected chi connectivity index (χ4v) is 2.80. The molecule has 0 atom stereocenters. The number of aromatic nitrogens is 5. The van der Waals surface area contributed by atoms with Crippen molar-refractivity contribution in [2.24, 2.45) is 0 Å². The standard InChI is InChI=1S/C15H23N7O/c1-10(2)12-8-13(20-19-12)17-15(23)18-14-16-9-22(21-14)11-6-4-3-5-7-11/h8-11H,3-7H2,1-2H3,(H3,17,18,19,20,21,23). The lowest BCUT2D eigenvalue weighted by atomic mass is 9.96. The Morgan fingerprint density at radius 1 is 1.30 bits per heavy atom. The molecule has 1 saturated carbocycles. The average molecular weight is 317 g/mol. The summed E-state index contributed by atoms with van der Waals surface area (Å²) in [5.41, 5.74) is 0.972. The number of hydrogen-bond donors (Lipinski definition) is 3. The molecule has 0 aliphatic heterocycles. The van der Waals surface area contributed by atoms with E-state index in [2.05, 4.69) is 44.8 Å². The van der Waals surface area contributed by atoms with Crippen molar-refractivity contribution in [3.63, 3.8) is 0 Å². The zero-order valence-corrected chi connectivity index (χ0v) is 13.5. The van der Waals surface area contributed by atoms with Gasteiger partial charge in [0.05, 0.1) is 6.04 Å². The van der Waals surface area contributed by atoms with E-state index in [1.807, 2.05) is 10.7 Å². The molecule has 8 nitrogen and oxygen atoms in total. The molecular weight excluding hydrogens is 294 g/mol. The predicted molar refractivity (Wildman–Crippen MR) is 87.5 cm³/mol. The fourth-order valence-electron chi connectivity index (χ4n) is 2.80. The van der Waals surface area contributed by atoms with Crippen LogP contribution in [0, 0.1) is 0 Å². The van der Waals surface area contributed by atoms with Gasteiger partial charge in [0.15, 0.2) is 5.82 Å². The number of nitrogens with zero attached hydrogens (tertiary/aromatic N) is 4. The lowest BCUT2D eigenvalue weighted by Crippen LogP contribution is -2.21. The molecule has 1 fully saturated rings. The topological polar surface area (TPSA) is 101 Å². The highest BCUT2D eigenvalue weighted by atomic mass is 16.2. The number of carbonyl (C=O) groups is 1. The monoisotopic (exact) mass is 317 g/mol. The molecule has 3 rings (SSSR count). The van der Waals surface area contributed by atoms with Crippen LogP contribution in [0.25, 0.3) is 0 Å². The Bertz CT molecular complexity index is 654. The maximum absolute atomic E-state index is 12.0. The number of carbonyl (C=O) groups excluding carboxylic acids is 1. The van der Waals surface area contributed by atoms with Crippen molar-refractivity contribution in [1.82, 2.24) is 25.0 Å². The summed E-state index contributed by atoms with van der Waals surface area (Å²) in [4.78, 5) is 16.1. The van der Waals surface area contributed by atoms with Crippen LogP contribution in [0.4, 0.5) is 16.6 Å². The molecule has 2 aromatic rings. The summed E-state index contributed by atoms with van der Waals surface area (Å²) < 4.78 is 1.86. The third-order valence-electron chi connectivity index (χ3n) is 4.14. The lowest BCUT2D eigenvalue weighted by molar-refractivity contribution is 0.262. The molecule has 0 aromatic carbocycles. The van der Waals surface area contributed by atoms with E-state index in [1.54, 1.807) is 6.33 Å². The van der Waals surface area contributed by atoms with Crippen molar-refractivity contribution in [3.05, 3.63) is 18.1 Å². The molecule has 0 unspecified atom stereocenters. The molecule has 8 heteroatoms. The molecule has 2 heterocycles. The minimum atomic E-state index is -0.395. The van der Waals surface area contributed by atoms with Gasteiger partial charge in [-0.15, -0.1) is 5.10 Å². The summed E-state index contributed by atoms with van der Waals surface area (Å²) >= 11 is 0. The summed E-state index contributed by atoms with van der Waals surface area (Å²) in [5.74, 6) is 1.12. The van der Waals surface area contributed by atoms with Crippen molar-refractivity contribution >= 4 is 17.8 Å². The Hall–Kier alpha value is -2.38. The number of hydrogen-bond acceptors (Lipinski definition) is 4. The first-order valence-electron chi connectivity index (χ1n) is 8.16. The Balaban J connectivity index is 1.56. The quantitative estimate of drug-likeness (QED) is 0.805. The van der Waals surface area contributed by atoms with Crippen molar-refractivity contribution in [2.75, 3.05) is 10.6 Å². The molecule has 0 radical (unpaired) electrons. The van der Waals surface area contributed by atoms with Crippen molar-refractivity contribution < 1.29 is 4.79 Å². The van der Waals surface area contributed by atoms with E-state index in [-0.39, 0.29) is 0 Å². The van der Waals surface area contributed by atoms with Crippen LogP contribution < -0.4 is 10.6 Å². The molecule has 0 spiro atoms. The highest BCUT2D eigenvalue weighted by Gasteiger charge is 2.17. The summed E-state index contributed by atoms with van der Waals surface area (Å²) in [6, 6.07) is 1.82. The molecule has 2 amide bonds. The summed E-state index contributed by atoms with van der Waals surface area (Å²) in [5, 5.41) is 16.6. The van der Waals surface area contributed by atoms with Gasteiger partial charge in [-0.2, -0.15) is 5.10 Å². The van der Waals surface area contributed by atoms with Gasteiger partial charge in [-0.05, 0) is 18.8 Å². The van der Waals surface area contributed by atoms with Crippen LogP contribution in [0.5, 0.6) is 0 Å². The van der Waals surface area contributed by atoms with Crippen LogP contribution in [0.3, 0.4) is 0 Å². The minimum absolute atomic E-state index is 0.313. The number of rotatable bonds is 4. The Morgan fingerprint density at radius 2 is 2.09 bits per heavy atom. The Kier molecular flexibility index (Phi) is 4.59. The third-order valence-corrected chi connectivity index (χ3v) is 4.14. The average Bonchev–Trinajstić information content (AvgIpc) is 3.18. The molecule has 1 aliphatic rings. The highest BCUT2D eigenvalue weighted by molar-refractivity contribution is 5.97. The molecule has 23 heavy (non-hydrogen) atoms. The van der Waals surface area contributed by atoms with Gasteiger partial charge < -0.3 is 0 Å². The van der Waals surface area contributed by atoms with Gasteiger partial charge in [0.2, 0.25) is 5.95 Å². The normalized spacial score (nSPS) is 15.8. The summed E-state index contributed by atoms with van der Waals surface area (Å²) in [6.07, 6.45) is 7.69. The van der Waals surface area contributed by atoms with E-state index in [1.165, 1.54) is 19.3 Å². The smallest absolute Gasteiger partial charge is 0.291 e. The second-order valence-corrected chi connectivity index (χ2v) is 6.28. The van der Waals surface area contributed by atoms with Crippen LogP contribution in [0.15, 0.2) is 12.4 Å². The van der Waals surface area contributed by atoms with Crippen LogP contribution in [0.1, 0.15) is 63.6 Å². The van der Waals surface area contributed by atoms with Gasteiger partial charge in [0, 0.05) is 11.8 Å². The minimum Gasteiger partial charge on any atom is -0.291 e. The van der Waals surface area contributed by atoms with Gasteiger partial charge in [-0.25, -0.2) is 14.5 Å². The number of aromatic amines is 1. The van der Waals surface area contributed by atoms with Crippen LogP contribution >= 0.6 is 0 Å². The van der Waals surface area contributed by atoms with Crippen molar-refractivity contribution in [2.45, 2.75) is 57.9 Å². The first kappa shape index (κ1) is 15.5. The molecular formula is C15H23N7O.